The lowest BCUT2D eigenvalue weighted by Crippen LogP contribution is -2.61. The Hall–Kier alpha value is -0.610. The highest BCUT2D eigenvalue weighted by Crippen LogP contribution is 2.71. The van der Waals surface area contributed by atoms with E-state index in [9.17, 15) is 9.59 Å². The Labute approximate surface area is 167 Å². The molecule has 3 nitrogen and oxygen atoms in total. The van der Waals surface area contributed by atoms with Crippen LogP contribution < -0.4 is 0 Å². The predicted octanol–water partition coefficient (Wildman–Crippen LogP) is 4.94. The molecule has 4 heteroatoms. The lowest BCUT2D eigenvalue weighted by Gasteiger charge is -2.62. The Balaban J connectivity index is 1.56. The first-order chi connectivity index (χ1) is 12.8. The molecule has 0 unspecified atom stereocenters. The van der Waals surface area contributed by atoms with Gasteiger partial charge in [0.15, 0.2) is 10.9 Å². The Morgan fingerprint density at radius 1 is 1.15 bits per heavy atom. The number of allylic oxidation sites excluding steroid dienone is 1. The number of thioether (sulfide) groups is 1. The predicted molar refractivity (Wildman–Crippen MR) is 107 cm³/mol. The number of hydrogen-bond acceptors (Lipinski definition) is 4. The summed E-state index contributed by atoms with van der Waals surface area (Å²) in [7, 11) is 0. The maximum absolute atomic E-state index is 12.1. The van der Waals surface area contributed by atoms with Crippen LogP contribution in [0.5, 0.6) is 0 Å². The largest absolute Gasteiger partial charge is 0.374 e. The molecule has 1 spiro atoms. The minimum absolute atomic E-state index is 0.119. The lowest BCUT2D eigenvalue weighted by atomic mass is 9.46. The fraction of sp³-hybridized carbons (Fsp3) is 0.826. The molecule has 0 radical (unpaired) electrons. The van der Waals surface area contributed by atoms with E-state index in [0.29, 0.717) is 29.4 Å². The summed E-state index contributed by atoms with van der Waals surface area (Å²) >= 11 is 1.56. The molecular formula is C23H32O3S. The Morgan fingerprint density at radius 2 is 1.89 bits per heavy atom. The highest BCUT2D eigenvalue weighted by Gasteiger charge is 2.68. The van der Waals surface area contributed by atoms with Gasteiger partial charge in [0.25, 0.3) is 0 Å². The van der Waals surface area contributed by atoms with E-state index >= 15 is 0 Å². The average Bonchev–Trinajstić information content (AvgIpc) is 2.89. The molecule has 148 valence electrons. The first-order valence-corrected chi connectivity index (χ1v) is 11.7. The Morgan fingerprint density at radius 3 is 2.56 bits per heavy atom. The van der Waals surface area contributed by atoms with Gasteiger partial charge in [0.2, 0.25) is 0 Å². The van der Waals surface area contributed by atoms with Gasteiger partial charge in [0.05, 0.1) is 12.2 Å². The van der Waals surface area contributed by atoms with Gasteiger partial charge in [0, 0.05) is 25.0 Å². The minimum Gasteiger partial charge on any atom is -0.374 e. The number of rotatable bonds is 1. The monoisotopic (exact) mass is 388 g/mol. The second-order valence-electron chi connectivity index (χ2n) is 10.3. The van der Waals surface area contributed by atoms with Crippen LogP contribution in [0.3, 0.4) is 0 Å². The standard InChI is InChI=1S/C23H32O3S/c1-14(24)27-19-13-15-12-16(25)4-7-21(15,2)17-5-8-22(3)18(20(17)19)6-9-23(22)10-11-26-23/h12,17-20H,4-11,13H2,1-3H3/t17-,18+,19-,20+,21+,22+,23-/m1/s1. The van der Waals surface area contributed by atoms with E-state index in [-0.39, 0.29) is 27.3 Å². The van der Waals surface area contributed by atoms with Crippen LogP contribution in [0.15, 0.2) is 11.6 Å². The van der Waals surface area contributed by atoms with Crippen LogP contribution >= 0.6 is 11.8 Å². The fourth-order valence-electron chi connectivity index (χ4n) is 7.92. The number of fused-ring (bicyclic) bond motifs is 6. The van der Waals surface area contributed by atoms with Gasteiger partial charge in [-0.25, -0.2) is 0 Å². The van der Waals surface area contributed by atoms with Gasteiger partial charge in [-0.05, 0) is 73.2 Å². The fourth-order valence-corrected chi connectivity index (χ4v) is 9.15. The molecule has 5 rings (SSSR count). The molecule has 5 aliphatic rings. The van der Waals surface area contributed by atoms with Crippen molar-refractivity contribution in [2.24, 2.45) is 28.6 Å². The average molecular weight is 389 g/mol. The molecule has 7 atom stereocenters. The van der Waals surface area contributed by atoms with E-state index < -0.39 is 0 Å². The van der Waals surface area contributed by atoms with E-state index in [1.807, 2.05) is 6.08 Å². The molecule has 1 heterocycles. The molecule has 0 aromatic rings. The van der Waals surface area contributed by atoms with Gasteiger partial charge < -0.3 is 4.74 Å². The highest BCUT2D eigenvalue weighted by atomic mass is 32.2. The third-order valence-corrected chi connectivity index (χ3v) is 10.6. The van der Waals surface area contributed by atoms with Gasteiger partial charge in [-0.1, -0.05) is 31.2 Å². The molecule has 0 aromatic heterocycles. The summed E-state index contributed by atoms with van der Waals surface area (Å²) in [5.74, 6) is 2.13. The van der Waals surface area contributed by atoms with Crippen LogP contribution in [0.2, 0.25) is 0 Å². The quantitative estimate of drug-likeness (QED) is 0.638. The van der Waals surface area contributed by atoms with Crippen LogP contribution in [0, 0.1) is 28.6 Å². The van der Waals surface area contributed by atoms with Crippen molar-refractivity contribution in [3.05, 3.63) is 11.6 Å². The summed E-state index contributed by atoms with van der Waals surface area (Å²) in [4.78, 5) is 24.3. The van der Waals surface area contributed by atoms with Crippen molar-refractivity contribution in [2.45, 2.75) is 83.0 Å². The molecule has 3 saturated carbocycles. The second kappa shape index (κ2) is 5.95. The third kappa shape index (κ3) is 2.38. The van der Waals surface area contributed by atoms with Gasteiger partial charge >= 0.3 is 0 Å². The van der Waals surface area contributed by atoms with Crippen molar-refractivity contribution in [2.75, 3.05) is 6.61 Å². The molecular weight excluding hydrogens is 356 g/mol. The van der Waals surface area contributed by atoms with Crippen molar-refractivity contribution in [3.8, 4) is 0 Å². The van der Waals surface area contributed by atoms with Gasteiger partial charge in [-0.3, -0.25) is 9.59 Å². The smallest absolute Gasteiger partial charge is 0.186 e. The summed E-state index contributed by atoms with van der Waals surface area (Å²) in [5.41, 5.74) is 1.89. The van der Waals surface area contributed by atoms with Gasteiger partial charge in [-0.15, -0.1) is 0 Å². The zero-order valence-corrected chi connectivity index (χ0v) is 17.7. The summed E-state index contributed by atoms with van der Waals surface area (Å²) < 4.78 is 6.26. The normalized spacial score (nSPS) is 51.1. The molecule has 4 fully saturated rings. The second-order valence-corrected chi connectivity index (χ2v) is 11.7. The maximum atomic E-state index is 12.1. The van der Waals surface area contributed by atoms with Crippen LogP contribution in [0.1, 0.15) is 72.1 Å². The summed E-state index contributed by atoms with van der Waals surface area (Å²) in [6, 6.07) is 0. The number of hydrogen-bond donors (Lipinski definition) is 0. The molecule has 0 N–H and O–H groups in total. The summed E-state index contributed by atoms with van der Waals surface area (Å²) in [5, 5.41) is 0.558. The highest BCUT2D eigenvalue weighted by molar-refractivity contribution is 8.14. The van der Waals surface area contributed by atoms with Crippen molar-refractivity contribution >= 4 is 22.7 Å². The van der Waals surface area contributed by atoms with E-state index in [0.717, 1.165) is 19.4 Å². The Kier molecular flexibility index (Phi) is 4.06. The summed E-state index contributed by atoms with van der Waals surface area (Å²) in [6.07, 6.45) is 10.7. The number of ether oxygens (including phenoxy) is 1. The first-order valence-electron chi connectivity index (χ1n) is 10.8. The minimum atomic E-state index is 0.119. The van der Waals surface area contributed by atoms with Crippen molar-refractivity contribution in [1.82, 2.24) is 0 Å². The molecule has 1 saturated heterocycles. The molecule has 1 aliphatic heterocycles. The van der Waals surface area contributed by atoms with Crippen LogP contribution in [0.4, 0.5) is 0 Å². The van der Waals surface area contributed by atoms with E-state index in [1.165, 1.54) is 37.7 Å². The molecule has 0 amide bonds. The number of carbonyl (C=O) groups is 2. The van der Waals surface area contributed by atoms with E-state index in [1.54, 1.807) is 18.7 Å². The van der Waals surface area contributed by atoms with Gasteiger partial charge in [-0.2, -0.15) is 0 Å². The lowest BCUT2D eigenvalue weighted by molar-refractivity contribution is -0.226. The third-order valence-electron chi connectivity index (χ3n) is 9.45. The van der Waals surface area contributed by atoms with Crippen molar-refractivity contribution < 1.29 is 14.3 Å². The topological polar surface area (TPSA) is 43.4 Å². The SMILES string of the molecule is CC(=O)S[C@@H]1CC2=CC(=O)CC[C@]2(C)[C@@H]2CC[C@@]3(C)[C@@H](CC[C@@]34CCO4)[C@H]21. The molecule has 4 aliphatic carbocycles. The van der Waals surface area contributed by atoms with E-state index in [4.69, 9.17) is 4.74 Å². The van der Waals surface area contributed by atoms with E-state index in [2.05, 4.69) is 13.8 Å². The molecule has 0 bridgehead atoms. The van der Waals surface area contributed by atoms with Crippen molar-refractivity contribution in [3.63, 3.8) is 0 Å². The molecule has 0 aromatic carbocycles. The number of ketones is 1. The maximum Gasteiger partial charge on any atom is 0.186 e. The van der Waals surface area contributed by atoms with Crippen LogP contribution in [-0.2, 0) is 14.3 Å². The zero-order valence-electron chi connectivity index (χ0n) is 16.9. The van der Waals surface area contributed by atoms with Gasteiger partial charge in [0.1, 0.15) is 0 Å². The molecule has 27 heavy (non-hydrogen) atoms. The van der Waals surface area contributed by atoms with Crippen LogP contribution in [-0.4, -0.2) is 28.4 Å². The summed E-state index contributed by atoms with van der Waals surface area (Å²) in [6.45, 7) is 7.55. The number of carbonyl (C=O) groups excluding carboxylic acids is 2. The van der Waals surface area contributed by atoms with Crippen LogP contribution in [0.25, 0.3) is 0 Å². The Bertz CT molecular complexity index is 723. The zero-order chi connectivity index (χ0) is 19.0. The van der Waals surface area contributed by atoms with Crippen molar-refractivity contribution in [1.29, 1.82) is 0 Å². The first kappa shape index (κ1) is 18.4.